The van der Waals surface area contributed by atoms with Gasteiger partial charge in [-0.1, -0.05) is 0 Å². The number of carboxylic acid groups (broad SMARTS) is 1. The summed E-state index contributed by atoms with van der Waals surface area (Å²) in [5.41, 5.74) is 0. The molecule has 88 valence electrons. The van der Waals surface area contributed by atoms with E-state index < -0.39 is 12.1 Å². The van der Waals surface area contributed by atoms with E-state index in [4.69, 9.17) is 9.84 Å². The average Bonchev–Trinajstić information content (AvgIpc) is 2.26. The maximum Gasteiger partial charge on any atom is 0.344 e. The fourth-order valence-electron chi connectivity index (χ4n) is 1.19. The Labute approximate surface area is 93.0 Å². The number of hydrogen-bond acceptors (Lipinski definition) is 3. The molecule has 1 aromatic carbocycles. The third kappa shape index (κ3) is 3.86. The summed E-state index contributed by atoms with van der Waals surface area (Å²) in [7, 11) is 1.73. The van der Waals surface area contributed by atoms with Crippen LogP contribution in [-0.4, -0.2) is 30.8 Å². The van der Waals surface area contributed by atoms with Crippen molar-refractivity contribution in [1.82, 2.24) is 5.32 Å². The predicted octanol–water partition coefficient (Wildman–Crippen LogP) is 1.27. The van der Waals surface area contributed by atoms with Crippen molar-refractivity contribution in [2.75, 3.05) is 13.6 Å². The zero-order valence-electron chi connectivity index (χ0n) is 8.94. The number of benzene rings is 1. The summed E-state index contributed by atoms with van der Waals surface area (Å²) < 4.78 is 17.8. The number of ether oxygens (including phenoxy) is 1. The second-order valence-corrected chi connectivity index (χ2v) is 3.29. The maximum absolute atomic E-state index is 12.6. The molecule has 0 spiro atoms. The number of hydrogen-bond donors (Lipinski definition) is 2. The third-order valence-corrected chi connectivity index (χ3v) is 2.02. The minimum absolute atomic E-state index is 0.350. The summed E-state index contributed by atoms with van der Waals surface area (Å²) >= 11 is 0. The number of rotatable bonds is 6. The second-order valence-electron chi connectivity index (χ2n) is 3.29. The molecule has 0 heterocycles. The van der Waals surface area contributed by atoms with Gasteiger partial charge in [0.1, 0.15) is 11.6 Å². The highest BCUT2D eigenvalue weighted by Crippen LogP contribution is 2.14. The van der Waals surface area contributed by atoms with E-state index in [1.54, 1.807) is 7.05 Å². The van der Waals surface area contributed by atoms with Crippen molar-refractivity contribution in [2.24, 2.45) is 0 Å². The summed E-state index contributed by atoms with van der Waals surface area (Å²) in [6.45, 7) is 0.540. The smallest absolute Gasteiger partial charge is 0.344 e. The van der Waals surface area contributed by atoms with E-state index in [1.807, 2.05) is 0 Å². The first-order valence-corrected chi connectivity index (χ1v) is 4.93. The Morgan fingerprint density at radius 1 is 1.50 bits per heavy atom. The Morgan fingerprint density at radius 2 is 2.12 bits per heavy atom. The van der Waals surface area contributed by atoms with Gasteiger partial charge in [-0.05, 0) is 37.9 Å². The first-order valence-electron chi connectivity index (χ1n) is 4.93. The first kappa shape index (κ1) is 12.4. The quantitative estimate of drug-likeness (QED) is 0.768. The van der Waals surface area contributed by atoms with Crippen LogP contribution >= 0.6 is 0 Å². The Kier molecular flexibility index (Phi) is 4.72. The van der Waals surface area contributed by atoms with Crippen molar-refractivity contribution >= 4 is 5.97 Å². The molecule has 4 nitrogen and oxygen atoms in total. The van der Waals surface area contributed by atoms with E-state index in [0.717, 1.165) is 0 Å². The Hall–Kier alpha value is -1.62. The lowest BCUT2D eigenvalue weighted by atomic mass is 10.2. The molecule has 0 fully saturated rings. The molecule has 2 N–H and O–H groups in total. The van der Waals surface area contributed by atoms with Crippen LogP contribution in [-0.2, 0) is 4.79 Å². The molecule has 0 saturated carbocycles. The molecule has 0 saturated heterocycles. The van der Waals surface area contributed by atoms with Crippen LogP contribution in [0.3, 0.4) is 0 Å². The molecule has 0 aliphatic rings. The van der Waals surface area contributed by atoms with Crippen LogP contribution in [0.15, 0.2) is 24.3 Å². The van der Waals surface area contributed by atoms with E-state index in [1.165, 1.54) is 24.3 Å². The first-order chi connectivity index (χ1) is 7.63. The lowest BCUT2D eigenvalue weighted by Gasteiger charge is -2.14. The van der Waals surface area contributed by atoms with Crippen molar-refractivity contribution in [3.05, 3.63) is 30.1 Å². The van der Waals surface area contributed by atoms with E-state index in [9.17, 15) is 9.18 Å². The molecule has 0 aromatic heterocycles. The Balaban J connectivity index is 2.60. The second kappa shape index (κ2) is 6.07. The largest absolute Gasteiger partial charge is 0.479 e. The molecule has 0 aliphatic heterocycles. The van der Waals surface area contributed by atoms with Crippen LogP contribution in [0.4, 0.5) is 4.39 Å². The summed E-state index contributed by atoms with van der Waals surface area (Å²) in [6.07, 6.45) is -0.568. The van der Waals surface area contributed by atoms with Crippen LogP contribution in [0.2, 0.25) is 0 Å². The van der Waals surface area contributed by atoms with Gasteiger partial charge in [0.05, 0.1) is 0 Å². The van der Waals surface area contributed by atoms with Gasteiger partial charge in [0.25, 0.3) is 0 Å². The predicted molar refractivity (Wildman–Crippen MR) is 57.0 cm³/mol. The molecule has 0 amide bonds. The van der Waals surface area contributed by atoms with Crippen molar-refractivity contribution in [2.45, 2.75) is 12.5 Å². The molecule has 5 heteroatoms. The molecule has 0 radical (unpaired) electrons. The minimum atomic E-state index is -1.03. The highest BCUT2D eigenvalue weighted by Gasteiger charge is 2.18. The number of carboxylic acids is 1. The molecule has 0 bridgehead atoms. The lowest BCUT2D eigenvalue weighted by molar-refractivity contribution is -0.145. The summed E-state index contributed by atoms with van der Waals surface area (Å²) in [6, 6.07) is 5.27. The van der Waals surface area contributed by atoms with Crippen LogP contribution < -0.4 is 10.1 Å². The number of aliphatic carboxylic acids is 1. The van der Waals surface area contributed by atoms with Crippen molar-refractivity contribution in [3.63, 3.8) is 0 Å². The molecule has 1 atom stereocenters. The number of nitrogens with one attached hydrogen (secondary N) is 1. The summed E-state index contributed by atoms with van der Waals surface area (Å²) in [4.78, 5) is 10.8. The highest BCUT2D eigenvalue weighted by atomic mass is 19.1. The van der Waals surface area contributed by atoms with E-state index in [2.05, 4.69) is 5.32 Å². The highest BCUT2D eigenvalue weighted by molar-refractivity contribution is 5.72. The van der Waals surface area contributed by atoms with Crippen molar-refractivity contribution in [3.8, 4) is 5.75 Å². The molecule has 1 unspecified atom stereocenters. The van der Waals surface area contributed by atoms with Gasteiger partial charge in [0.2, 0.25) is 0 Å². The number of halogens is 1. The Morgan fingerprint density at radius 3 is 2.62 bits per heavy atom. The third-order valence-electron chi connectivity index (χ3n) is 2.02. The normalized spacial score (nSPS) is 12.1. The molecule has 16 heavy (non-hydrogen) atoms. The van der Waals surface area contributed by atoms with Gasteiger partial charge >= 0.3 is 5.97 Å². The van der Waals surface area contributed by atoms with Gasteiger partial charge < -0.3 is 15.2 Å². The van der Waals surface area contributed by atoms with Gasteiger partial charge in [-0.25, -0.2) is 9.18 Å². The molecule has 0 aliphatic carbocycles. The average molecular weight is 227 g/mol. The van der Waals surface area contributed by atoms with Crippen LogP contribution in [0, 0.1) is 5.82 Å². The standard InChI is InChI=1S/C11H14FNO3/c1-13-7-6-10(11(14)15)16-9-4-2-8(12)3-5-9/h2-5,10,13H,6-7H2,1H3,(H,14,15). The van der Waals surface area contributed by atoms with Crippen LogP contribution in [0.5, 0.6) is 5.75 Å². The van der Waals surface area contributed by atoms with Crippen molar-refractivity contribution in [1.29, 1.82) is 0 Å². The summed E-state index contributed by atoms with van der Waals surface area (Å²) in [5.74, 6) is -1.06. The van der Waals surface area contributed by atoms with E-state index >= 15 is 0 Å². The monoisotopic (exact) mass is 227 g/mol. The number of carbonyl (C=O) groups is 1. The van der Waals surface area contributed by atoms with Gasteiger partial charge in [0, 0.05) is 6.42 Å². The summed E-state index contributed by atoms with van der Waals surface area (Å²) in [5, 5.41) is 11.7. The fraction of sp³-hybridized carbons (Fsp3) is 0.364. The van der Waals surface area contributed by atoms with E-state index in [-0.39, 0.29) is 5.82 Å². The van der Waals surface area contributed by atoms with Gasteiger partial charge in [-0.3, -0.25) is 0 Å². The SMILES string of the molecule is CNCCC(Oc1ccc(F)cc1)C(=O)O. The van der Waals surface area contributed by atoms with Gasteiger partial charge in [-0.2, -0.15) is 0 Å². The maximum atomic E-state index is 12.6. The fourth-order valence-corrected chi connectivity index (χ4v) is 1.19. The topological polar surface area (TPSA) is 58.6 Å². The molecule has 1 rings (SSSR count). The zero-order valence-corrected chi connectivity index (χ0v) is 8.94. The van der Waals surface area contributed by atoms with Crippen LogP contribution in [0.25, 0.3) is 0 Å². The van der Waals surface area contributed by atoms with Gasteiger partial charge in [-0.15, -0.1) is 0 Å². The van der Waals surface area contributed by atoms with Crippen molar-refractivity contribution < 1.29 is 19.0 Å². The molecule has 1 aromatic rings. The Bertz CT molecular complexity index is 340. The molecular formula is C11H14FNO3. The molecular weight excluding hydrogens is 213 g/mol. The van der Waals surface area contributed by atoms with Crippen LogP contribution in [0.1, 0.15) is 6.42 Å². The zero-order chi connectivity index (χ0) is 12.0. The minimum Gasteiger partial charge on any atom is -0.479 e. The van der Waals surface area contributed by atoms with Gasteiger partial charge in [0.15, 0.2) is 6.10 Å². The van der Waals surface area contributed by atoms with E-state index in [0.29, 0.717) is 18.7 Å². The lowest BCUT2D eigenvalue weighted by Crippen LogP contribution is -2.30.